The lowest BCUT2D eigenvalue weighted by molar-refractivity contribution is -0.140. The summed E-state index contributed by atoms with van der Waals surface area (Å²) in [6.45, 7) is 4.64. The average molecular weight is 264 g/mol. The van der Waals surface area contributed by atoms with Crippen LogP contribution in [0.2, 0.25) is 0 Å². The highest BCUT2D eigenvalue weighted by atomic mass is 16.4. The number of hydrogen-bond donors (Lipinski definition) is 2. The zero-order valence-corrected chi connectivity index (χ0v) is 12.2. The lowest BCUT2D eigenvalue weighted by atomic mass is 10.0. The van der Waals surface area contributed by atoms with Crippen LogP contribution in [0.3, 0.4) is 0 Å². The maximum absolute atomic E-state index is 11.1. The summed E-state index contributed by atoms with van der Waals surface area (Å²) < 4.78 is 0. The summed E-state index contributed by atoms with van der Waals surface area (Å²) in [4.78, 5) is 13.2. The van der Waals surface area contributed by atoms with E-state index < -0.39 is 12.0 Å². The van der Waals surface area contributed by atoms with Crippen molar-refractivity contribution in [1.82, 2.24) is 5.32 Å². The lowest BCUT2D eigenvalue weighted by Crippen LogP contribution is -2.37. The first-order valence-corrected chi connectivity index (χ1v) is 6.62. The van der Waals surface area contributed by atoms with E-state index in [1.54, 1.807) is 0 Å². The standard InChI is InChI=1S/C15H24N2O2/c1-11(2)9-14(15(18)19)16-10-12-5-7-13(8-6-12)17(3)4/h5-8,11,14,16H,9-10H2,1-4H3,(H,18,19). The van der Waals surface area contributed by atoms with Gasteiger partial charge in [0.25, 0.3) is 0 Å². The maximum Gasteiger partial charge on any atom is 0.320 e. The number of rotatable bonds is 7. The molecule has 4 nitrogen and oxygen atoms in total. The maximum atomic E-state index is 11.1. The summed E-state index contributed by atoms with van der Waals surface area (Å²) in [5, 5.41) is 12.3. The number of aliphatic carboxylic acids is 1. The van der Waals surface area contributed by atoms with Gasteiger partial charge in [0, 0.05) is 26.3 Å². The van der Waals surface area contributed by atoms with Gasteiger partial charge in [-0.15, -0.1) is 0 Å². The number of nitrogens with one attached hydrogen (secondary N) is 1. The molecular formula is C15H24N2O2. The molecule has 1 rings (SSSR count). The Balaban J connectivity index is 2.56. The first-order chi connectivity index (χ1) is 8.90. The van der Waals surface area contributed by atoms with Gasteiger partial charge in [0.15, 0.2) is 0 Å². The van der Waals surface area contributed by atoms with Crippen molar-refractivity contribution in [2.24, 2.45) is 5.92 Å². The molecule has 0 saturated carbocycles. The molecule has 0 fully saturated rings. The molecule has 0 amide bonds. The van der Waals surface area contributed by atoms with Crippen LogP contribution in [-0.4, -0.2) is 31.2 Å². The van der Waals surface area contributed by atoms with Gasteiger partial charge >= 0.3 is 5.97 Å². The second kappa shape index (κ2) is 7.14. The lowest BCUT2D eigenvalue weighted by Gasteiger charge is -2.17. The van der Waals surface area contributed by atoms with Crippen molar-refractivity contribution >= 4 is 11.7 Å². The molecule has 1 unspecified atom stereocenters. The van der Waals surface area contributed by atoms with Crippen molar-refractivity contribution in [2.75, 3.05) is 19.0 Å². The number of carboxylic acid groups (broad SMARTS) is 1. The molecule has 0 heterocycles. The van der Waals surface area contributed by atoms with Crippen LogP contribution in [0.5, 0.6) is 0 Å². The summed E-state index contributed by atoms with van der Waals surface area (Å²) >= 11 is 0. The molecule has 0 aliphatic heterocycles. The molecule has 1 aromatic rings. The van der Waals surface area contributed by atoms with Gasteiger partial charge in [-0.05, 0) is 30.0 Å². The highest BCUT2D eigenvalue weighted by Gasteiger charge is 2.17. The summed E-state index contributed by atoms with van der Waals surface area (Å²) in [7, 11) is 3.99. The summed E-state index contributed by atoms with van der Waals surface area (Å²) in [5.74, 6) is -0.414. The molecule has 0 aliphatic rings. The molecule has 0 saturated heterocycles. The molecule has 1 aromatic carbocycles. The van der Waals surface area contributed by atoms with E-state index in [-0.39, 0.29) is 0 Å². The van der Waals surface area contributed by atoms with Gasteiger partial charge in [-0.3, -0.25) is 4.79 Å². The predicted molar refractivity (Wildman–Crippen MR) is 78.5 cm³/mol. The van der Waals surface area contributed by atoms with E-state index in [0.29, 0.717) is 18.9 Å². The molecule has 1 atom stereocenters. The Morgan fingerprint density at radius 1 is 1.26 bits per heavy atom. The van der Waals surface area contributed by atoms with E-state index in [0.717, 1.165) is 11.3 Å². The van der Waals surface area contributed by atoms with Crippen LogP contribution in [0.1, 0.15) is 25.8 Å². The third-order valence-corrected chi connectivity index (χ3v) is 3.01. The number of nitrogens with zero attached hydrogens (tertiary/aromatic N) is 1. The Morgan fingerprint density at radius 2 is 1.84 bits per heavy atom. The smallest absolute Gasteiger partial charge is 0.320 e. The van der Waals surface area contributed by atoms with Crippen LogP contribution < -0.4 is 10.2 Å². The molecule has 0 bridgehead atoms. The quantitative estimate of drug-likeness (QED) is 0.793. The largest absolute Gasteiger partial charge is 0.480 e. The second-order valence-corrected chi connectivity index (χ2v) is 5.46. The Morgan fingerprint density at radius 3 is 2.26 bits per heavy atom. The van der Waals surface area contributed by atoms with E-state index in [4.69, 9.17) is 5.11 Å². The normalized spacial score (nSPS) is 12.5. The Hall–Kier alpha value is -1.55. The zero-order chi connectivity index (χ0) is 14.4. The van der Waals surface area contributed by atoms with Crippen molar-refractivity contribution in [3.8, 4) is 0 Å². The van der Waals surface area contributed by atoms with E-state index in [9.17, 15) is 4.79 Å². The van der Waals surface area contributed by atoms with Gasteiger partial charge in [0.1, 0.15) is 6.04 Å². The molecule has 0 radical (unpaired) electrons. The SMILES string of the molecule is CC(C)CC(NCc1ccc(N(C)C)cc1)C(=O)O. The fourth-order valence-corrected chi connectivity index (χ4v) is 1.90. The molecule has 106 valence electrons. The third kappa shape index (κ3) is 5.30. The van der Waals surface area contributed by atoms with E-state index in [1.165, 1.54) is 0 Å². The fraction of sp³-hybridized carbons (Fsp3) is 0.533. The van der Waals surface area contributed by atoms with E-state index >= 15 is 0 Å². The van der Waals surface area contributed by atoms with Crippen molar-refractivity contribution in [3.63, 3.8) is 0 Å². The zero-order valence-electron chi connectivity index (χ0n) is 12.2. The van der Waals surface area contributed by atoms with Gasteiger partial charge in [0.2, 0.25) is 0 Å². The van der Waals surface area contributed by atoms with Crippen molar-refractivity contribution in [3.05, 3.63) is 29.8 Å². The molecule has 4 heteroatoms. The van der Waals surface area contributed by atoms with Crippen LogP contribution in [0, 0.1) is 5.92 Å². The van der Waals surface area contributed by atoms with Crippen LogP contribution in [0.15, 0.2) is 24.3 Å². The van der Waals surface area contributed by atoms with Gasteiger partial charge < -0.3 is 15.3 Å². The summed E-state index contributed by atoms with van der Waals surface area (Å²) in [5.41, 5.74) is 2.24. The van der Waals surface area contributed by atoms with Crippen molar-refractivity contribution < 1.29 is 9.90 Å². The average Bonchev–Trinajstić information content (AvgIpc) is 2.34. The molecule has 0 aliphatic carbocycles. The molecule has 2 N–H and O–H groups in total. The van der Waals surface area contributed by atoms with Crippen molar-refractivity contribution in [1.29, 1.82) is 0 Å². The third-order valence-electron chi connectivity index (χ3n) is 3.01. The Kier molecular flexibility index (Phi) is 5.83. The molecule has 0 aromatic heterocycles. The van der Waals surface area contributed by atoms with Gasteiger partial charge in [0.05, 0.1) is 0 Å². The topological polar surface area (TPSA) is 52.6 Å². The fourth-order valence-electron chi connectivity index (χ4n) is 1.90. The predicted octanol–water partition coefficient (Wildman–Crippen LogP) is 2.34. The monoisotopic (exact) mass is 264 g/mol. The number of benzene rings is 1. The minimum absolute atomic E-state index is 0.365. The van der Waals surface area contributed by atoms with Gasteiger partial charge in [-0.1, -0.05) is 26.0 Å². The number of carbonyl (C=O) groups is 1. The van der Waals surface area contributed by atoms with Crippen LogP contribution in [0.25, 0.3) is 0 Å². The minimum atomic E-state index is -0.779. The van der Waals surface area contributed by atoms with Gasteiger partial charge in [-0.2, -0.15) is 0 Å². The van der Waals surface area contributed by atoms with Crippen LogP contribution in [0.4, 0.5) is 5.69 Å². The minimum Gasteiger partial charge on any atom is -0.480 e. The second-order valence-electron chi connectivity index (χ2n) is 5.46. The first kappa shape index (κ1) is 15.5. The number of anilines is 1. The highest BCUT2D eigenvalue weighted by Crippen LogP contribution is 2.13. The number of hydrogen-bond acceptors (Lipinski definition) is 3. The molecular weight excluding hydrogens is 240 g/mol. The molecule has 0 spiro atoms. The molecule has 19 heavy (non-hydrogen) atoms. The Labute approximate surface area is 115 Å². The van der Waals surface area contributed by atoms with Crippen molar-refractivity contribution in [2.45, 2.75) is 32.9 Å². The summed E-state index contributed by atoms with van der Waals surface area (Å²) in [6, 6.07) is 7.64. The number of carboxylic acids is 1. The highest BCUT2D eigenvalue weighted by molar-refractivity contribution is 5.73. The van der Waals surface area contributed by atoms with E-state index in [2.05, 4.69) is 5.32 Å². The van der Waals surface area contributed by atoms with Crippen LogP contribution >= 0.6 is 0 Å². The summed E-state index contributed by atoms with van der Waals surface area (Å²) in [6.07, 6.45) is 0.644. The van der Waals surface area contributed by atoms with Gasteiger partial charge in [-0.25, -0.2) is 0 Å². The Bertz CT molecular complexity index is 399. The van der Waals surface area contributed by atoms with Crippen LogP contribution in [-0.2, 0) is 11.3 Å². The van der Waals surface area contributed by atoms with E-state index in [1.807, 2.05) is 57.1 Å². The first-order valence-electron chi connectivity index (χ1n) is 6.62.